The maximum Gasteiger partial charge on any atom is 0.319 e. The number of benzene rings is 1. The van der Waals surface area contributed by atoms with Crippen molar-refractivity contribution in [2.24, 2.45) is 0 Å². The molecular formula is C15H18N2O2S. The Morgan fingerprint density at radius 1 is 1.40 bits per heavy atom. The van der Waals surface area contributed by atoms with Crippen LogP contribution in [0.2, 0.25) is 0 Å². The van der Waals surface area contributed by atoms with Crippen LogP contribution in [-0.2, 0) is 6.54 Å². The number of anilines is 1. The first-order valence-electron chi connectivity index (χ1n) is 6.42. The van der Waals surface area contributed by atoms with Crippen LogP contribution >= 0.6 is 11.3 Å². The third kappa shape index (κ3) is 3.82. The molecular weight excluding hydrogens is 272 g/mol. The smallest absolute Gasteiger partial charge is 0.319 e. The Balaban J connectivity index is 1.91. The molecule has 0 saturated carbocycles. The topological polar surface area (TPSA) is 61.4 Å². The molecule has 1 heterocycles. The van der Waals surface area contributed by atoms with Gasteiger partial charge in [0.1, 0.15) is 0 Å². The first-order chi connectivity index (χ1) is 9.56. The number of carbonyl (C=O) groups is 1. The zero-order valence-electron chi connectivity index (χ0n) is 11.5. The van der Waals surface area contributed by atoms with E-state index in [4.69, 9.17) is 0 Å². The minimum atomic E-state index is -0.548. The van der Waals surface area contributed by atoms with Crippen LogP contribution < -0.4 is 10.6 Å². The molecule has 1 atom stereocenters. The second kappa shape index (κ2) is 6.54. The molecule has 0 fully saturated rings. The van der Waals surface area contributed by atoms with Gasteiger partial charge in [-0.1, -0.05) is 12.1 Å². The van der Waals surface area contributed by atoms with E-state index in [1.807, 2.05) is 24.4 Å². The van der Waals surface area contributed by atoms with Crippen LogP contribution in [0.25, 0.3) is 0 Å². The summed E-state index contributed by atoms with van der Waals surface area (Å²) in [5.41, 5.74) is 2.63. The maximum absolute atomic E-state index is 11.8. The number of hydrogen-bond acceptors (Lipinski definition) is 3. The third-order valence-electron chi connectivity index (χ3n) is 3.00. The number of nitrogens with one attached hydrogen (secondary N) is 2. The summed E-state index contributed by atoms with van der Waals surface area (Å²) in [7, 11) is 0. The molecule has 0 radical (unpaired) electrons. The van der Waals surface area contributed by atoms with Crippen LogP contribution in [0.1, 0.15) is 29.0 Å². The molecule has 0 aliphatic rings. The molecule has 0 saturated heterocycles. The molecule has 0 aliphatic carbocycles. The second-order valence-corrected chi connectivity index (χ2v) is 5.64. The number of thiophene rings is 1. The van der Waals surface area contributed by atoms with Gasteiger partial charge in [0.05, 0.1) is 12.6 Å². The van der Waals surface area contributed by atoms with Crippen LogP contribution in [0.5, 0.6) is 0 Å². The Morgan fingerprint density at radius 2 is 2.20 bits per heavy atom. The Kier molecular flexibility index (Phi) is 4.76. The Bertz CT molecular complexity index is 593. The lowest BCUT2D eigenvalue weighted by Crippen LogP contribution is -2.28. The summed E-state index contributed by atoms with van der Waals surface area (Å²) in [5.74, 6) is 0. The van der Waals surface area contributed by atoms with Gasteiger partial charge >= 0.3 is 6.03 Å². The number of aryl methyl sites for hydroxylation is 1. The number of aliphatic hydroxyl groups is 1. The third-order valence-corrected chi connectivity index (χ3v) is 4.03. The molecule has 4 nitrogen and oxygen atoms in total. The fraction of sp³-hybridized carbons (Fsp3) is 0.267. The second-order valence-electron chi connectivity index (χ2n) is 4.64. The molecule has 2 amide bonds. The molecule has 1 unspecified atom stereocenters. The van der Waals surface area contributed by atoms with Crippen molar-refractivity contribution < 1.29 is 9.90 Å². The molecule has 0 bridgehead atoms. The van der Waals surface area contributed by atoms with Crippen LogP contribution in [0.3, 0.4) is 0 Å². The van der Waals surface area contributed by atoms with Gasteiger partial charge in [0.2, 0.25) is 0 Å². The average molecular weight is 290 g/mol. The van der Waals surface area contributed by atoms with E-state index in [2.05, 4.69) is 10.6 Å². The molecule has 5 heteroatoms. The lowest BCUT2D eigenvalue weighted by molar-refractivity contribution is 0.199. The van der Waals surface area contributed by atoms with Crippen molar-refractivity contribution >= 4 is 23.1 Å². The highest BCUT2D eigenvalue weighted by Crippen LogP contribution is 2.17. The van der Waals surface area contributed by atoms with Gasteiger partial charge in [-0.15, -0.1) is 11.3 Å². The van der Waals surface area contributed by atoms with E-state index in [0.717, 1.165) is 10.4 Å². The fourth-order valence-electron chi connectivity index (χ4n) is 1.80. The number of urea groups is 1. The number of carbonyl (C=O) groups excluding carboxylic acids is 1. The first-order valence-corrected chi connectivity index (χ1v) is 7.30. The maximum atomic E-state index is 11.8. The van der Waals surface area contributed by atoms with E-state index in [1.54, 1.807) is 36.5 Å². The van der Waals surface area contributed by atoms with Gasteiger partial charge in [0, 0.05) is 10.6 Å². The first kappa shape index (κ1) is 14.6. The van der Waals surface area contributed by atoms with Crippen molar-refractivity contribution in [2.75, 3.05) is 5.32 Å². The predicted octanol–water partition coefficient (Wildman–Crippen LogP) is 3.43. The molecule has 20 heavy (non-hydrogen) atoms. The highest BCUT2D eigenvalue weighted by atomic mass is 32.1. The molecule has 0 spiro atoms. The Morgan fingerprint density at radius 3 is 2.85 bits per heavy atom. The summed E-state index contributed by atoms with van der Waals surface area (Å²) in [6.45, 7) is 4.24. The van der Waals surface area contributed by atoms with Crippen LogP contribution in [0.4, 0.5) is 10.5 Å². The molecule has 1 aromatic carbocycles. The number of hydrogen-bond donors (Lipinski definition) is 3. The van der Waals surface area contributed by atoms with E-state index in [-0.39, 0.29) is 6.03 Å². The van der Waals surface area contributed by atoms with E-state index in [9.17, 15) is 9.90 Å². The minimum Gasteiger partial charge on any atom is -0.389 e. The average Bonchev–Trinajstić information content (AvgIpc) is 2.82. The van der Waals surface area contributed by atoms with Gasteiger partial charge in [-0.25, -0.2) is 4.79 Å². The van der Waals surface area contributed by atoms with Crippen molar-refractivity contribution in [3.8, 4) is 0 Å². The summed E-state index contributed by atoms with van der Waals surface area (Å²) in [5, 5.41) is 17.1. The molecule has 1 aromatic heterocycles. The zero-order chi connectivity index (χ0) is 14.5. The Hall–Kier alpha value is -1.85. The molecule has 2 aromatic rings. The molecule has 2 rings (SSSR count). The summed E-state index contributed by atoms with van der Waals surface area (Å²) in [6, 6.07) is 8.97. The monoisotopic (exact) mass is 290 g/mol. The van der Waals surface area contributed by atoms with E-state index < -0.39 is 6.10 Å². The van der Waals surface area contributed by atoms with Gasteiger partial charge < -0.3 is 15.7 Å². The molecule has 0 aliphatic heterocycles. The van der Waals surface area contributed by atoms with Gasteiger partial charge in [-0.05, 0) is 48.6 Å². The molecule has 3 N–H and O–H groups in total. The van der Waals surface area contributed by atoms with E-state index in [1.165, 1.54) is 5.56 Å². The highest BCUT2D eigenvalue weighted by molar-refractivity contribution is 7.10. The number of rotatable bonds is 4. The van der Waals surface area contributed by atoms with Gasteiger partial charge in [0.15, 0.2) is 0 Å². The SMILES string of the molecule is Cc1ccsc1CNC(=O)Nc1cccc(C(C)O)c1. The Labute approximate surface area is 122 Å². The van der Waals surface area contributed by atoms with Crippen molar-refractivity contribution in [1.29, 1.82) is 0 Å². The lowest BCUT2D eigenvalue weighted by Gasteiger charge is -2.10. The van der Waals surface area contributed by atoms with Gasteiger partial charge in [0.25, 0.3) is 0 Å². The van der Waals surface area contributed by atoms with Crippen LogP contribution in [0.15, 0.2) is 35.7 Å². The number of aliphatic hydroxyl groups excluding tert-OH is 1. The van der Waals surface area contributed by atoms with Crippen LogP contribution in [-0.4, -0.2) is 11.1 Å². The van der Waals surface area contributed by atoms with Crippen molar-refractivity contribution in [3.05, 3.63) is 51.7 Å². The summed E-state index contributed by atoms with van der Waals surface area (Å²) < 4.78 is 0. The van der Waals surface area contributed by atoms with Gasteiger partial charge in [-0.3, -0.25) is 0 Å². The standard InChI is InChI=1S/C15H18N2O2S/c1-10-6-7-20-14(10)9-16-15(19)17-13-5-3-4-12(8-13)11(2)18/h3-8,11,18H,9H2,1-2H3,(H2,16,17,19). The highest BCUT2D eigenvalue weighted by Gasteiger charge is 2.06. The van der Waals surface area contributed by atoms with Crippen LogP contribution in [0, 0.1) is 6.92 Å². The van der Waals surface area contributed by atoms with Crippen molar-refractivity contribution in [3.63, 3.8) is 0 Å². The summed E-state index contributed by atoms with van der Waals surface area (Å²) in [6.07, 6.45) is -0.548. The fourth-order valence-corrected chi connectivity index (χ4v) is 2.64. The lowest BCUT2D eigenvalue weighted by atomic mass is 10.1. The summed E-state index contributed by atoms with van der Waals surface area (Å²) in [4.78, 5) is 13.0. The summed E-state index contributed by atoms with van der Waals surface area (Å²) >= 11 is 1.63. The predicted molar refractivity (Wildman–Crippen MR) is 82.0 cm³/mol. The number of amides is 2. The van der Waals surface area contributed by atoms with Gasteiger partial charge in [-0.2, -0.15) is 0 Å². The normalized spacial score (nSPS) is 11.9. The van der Waals surface area contributed by atoms with E-state index >= 15 is 0 Å². The van der Waals surface area contributed by atoms with Crippen molar-refractivity contribution in [2.45, 2.75) is 26.5 Å². The molecule has 106 valence electrons. The largest absolute Gasteiger partial charge is 0.389 e. The van der Waals surface area contributed by atoms with Crippen molar-refractivity contribution in [1.82, 2.24) is 5.32 Å². The quantitative estimate of drug-likeness (QED) is 0.808. The zero-order valence-corrected chi connectivity index (χ0v) is 12.3. The minimum absolute atomic E-state index is 0.249. The van der Waals surface area contributed by atoms with E-state index in [0.29, 0.717) is 12.2 Å².